The lowest BCUT2D eigenvalue weighted by molar-refractivity contribution is -0.133. The van der Waals surface area contributed by atoms with Crippen molar-refractivity contribution in [2.45, 2.75) is 32.4 Å². The van der Waals surface area contributed by atoms with Crippen LogP contribution >= 0.6 is 0 Å². The highest BCUT2D eigenvalue weighted by molar-refractivity contribution is 6.00. The maximum Gasteiger partial charge on any atom is 0.336 e. The summed E-state index contributed by atoms with van der Waals surface area (Å²) in [5, 5.41) is 19.7. The van der Waals surface area contributed by atoms with Gasteiger partial charge in [0.2, 0.25) is 0 Å². The minimum absolute atomic E-state index is 0.0500. The monoisotopic (exact) mass is 399 g/mol. The maximum absolute atomic E-state index is 13.2. The topological polar surface area (TPSA) is 130 Å². The Balaban J connectivity index is 2.02. The number of allylic oxidation sites excluding steroid dienone is 1. The number of carbonyl (C=O) groups is 2. The SMILES string of the molecule is CCC1=C(C(=O)O)C(c2cnno2)N(C(=O)NC(C)c2ccccc2)C(OC)=N1. The lowest BCUT2D eigenvalue weighted by Crippen LogP contribution is -2.50. The normalized spacial score (nSPS) is 17.6. The largest absolute Gasteiger partial charge is 0.478 e. The average molecular weight is 399 g/mol. The molecule has 1 aromatic carbocycles. The van der Waals surface area contributed by atoms with E-state index in [4.69, 9.17) is 9.26 Å². The van der Waals surface area contributed by atoms with Crippen LogP contribution in [0.4, 0.5) is 4.79 Å². The number of aliphatic imine (C=N–C) groups is 1. The minimum Gasteiger partial charge on any atom is -0.478 e. The van der Waals surface area contributed by atoms with Gasteiger partial charge in [0, 0.05) is 5.27 Å². The van der Waals surface area contributed by atoms with Gasteiger partial charge in [-0.1, -0.05) is 37.3 Å². The molecule has 1 aliphatic rings. The van der Waals surface area contributed by atoms with Crippen molar-refractivity contribution < 1.29 is 24.0 Å². The summed E-state index contributed by atoms with van der Waals surface area (Å²) >= 11 is 0. The first-order valence-corrected chi connectivity index (χ1v) is 8.98. The van der Waals surface area contributed by atoms with Crippen LogP contribution in [0.15, 0.2) is 57.3 Å². The van der Waals surface area contributed by atoms with Gasteiger partial charge in [-0.15, -0.1) is 5.10 Å². The molecular formula is C19H21N5O5. The maximum atomic E-state index is 13.2. The van der Waals surface area contributed by atoms with Crippen molar-refractivity contribution in [2.24, 2.45) is 4.99 Å². The first-order valence-electron chi connectivity index (χ1n) is 8.98. The van der Waals surface area contributed by atoms with E-state index in [1.165, 1.54) is 13.3 Å². The van der Waals surface area contributed by atoms with Gasteiger partial charge >= 0.3 is 18.0 Å². The number of amides is 2. The average Bonchev–Trinajstić information content (AvgIpc) is 3.27. The first-order chi connectivity index (χ1) is 14.0. The number of hydrogen-bond acceptors (Lipinski definition) is 7. The number of urea groups is 1. The number of carbonyl (C=O) groups excluding carboxylic acids is 1. The number of methoxy groups -OCH3 is 1. The third-order valence-corrected chi connectivity index (χ3v) is 4.53. The molecule has 2 heterocycles. The van der Waals surface area contributed by atoms with E-state index in [1.807, 2.05) is 37.3 Å². The van der Waals surface area contributed by atoms with Gasteiger partial charge in [-0.3, -0.25) is 0 Å². The van der Waals surface area contributed by atoms with Crippen molar-refractivity contribution in [1.29, 1.82) is 0 Å². The third kappa shape index (κ3) is 3.96. The summed E-state index contributed by atoms with van der Waals surface area (Å²) in [6.07, 6.45) is 1.59. The zero-order chi connectivity index (χ0) is 21.0. The first kappa shape index (κ1) is 20.1. The zero-order valence-corrected chi connectivity index (χ0v) is 16.2. The second-order valence-electron chi connectivity index (χ2n) is 6.29. The number of carboxylic acids is 1. The molecule has 2 atom stereocenters. The lowest BCUT2D eigenvalue weighted by atomic mass is 9.98. The number of benzene rings is 1. The molecule has 0 saturated carbocycles. The summed E-state index contributed by atoms with van der Waals surface area (Å²) in [5.74, 6) is -1.14. The number of nitrogens with zero attached hydrogens (tertiary/aromatic N) is 4. The number of amidine groups is 1. The molecule has 10 nitrogen and oxygen atoms in total. The van der Waals surface area contributed by atoms with Crippen LogP contribution in [-0.2, 0) is 9.53 Å². The molecule has 10 heteroatoms. The van der Waals surface area contributed by atoms with E-state index in [-0.39, 0.29) is 29.1 Å². The number of aromatic nitrogens is 2. The Morgan fingerprint density at radius 1 is 1.34 bits per heavy atom. The Labute approximate surface area is 166 Å². The zero-order valence-electron chi connectivity index (χ0n) is 16.2. The van der Waals surface area contributed by atoms with Crippen molar-refractivity contribution in [3.05, 3.63) is 59.1 Å². The molecule has 2 unspecified atom stereocenters. The van der Waals surface area contributed by atoms with Gasteiger partial charge in [0.15, 0.2) is 5.76 Å². The molecule has 0 aliphatic carbocycles. The van der Waals surface area contributed by atoms with Crippen molar-refractivity contribution in [3.63, 3.8) is 0 Å². The van der Waals surface area contributed by atoms with E-state index in [9.17, 15) is 14.7 Å². The van der Waals surface area contributed by atoms with Crippen molar-refractivity contribution >= 4 is 18.0 Å². The van der Waals surface area contributed by atoms with Crippen molar-refractivity contribution in [3.8, 4) is 0 Å². The summed E-state index contributed by atoms with van der Waals surface area (Å²) in [6.45, 7) is 3.58. The molecule has 2 amide bonds. The Morgan fingerprint density at radius 3 is 2.62 bits per heavy atom. The van der Waals surface area contributed by atoms with Gasteiger partial charge in [0.1, 0.15) is 6.04 Å². The minimum atomic E-state index is -1.23. The van der Waals surface area contributed by atoms with Gasteiger partial charge < -0.3 is 19.7 Å². The van der Waals surface area contributed by atoms with Gasteiger partial charge in [0.05, 0.1) is 30.6 Å². The Hall–Kier alpha value is -3.69. The van der Waals surface area contributed by atoms with Crippen LogP contribution in [0.25, 0.3) is 0 Å². The Bertz CT molecular complexity index is 939. The lowest BCUT2D eigenvalue weighted by Gasteiger charge is -2.34. The number of nitrogens with one attached hydrogen (secondary N) is 1. The Morgan fingerprint density at radius 2 is 2.07 bits per heavy atom. The number of ether oxygens (including phenoxy) is 1. The van der Waals surface area contributed by atoms with Crippen LogP contribution in [0.5, 0.6) is 0 Å². The summed E-state index contributed by atoms with van der Waals surface area (Å²) < 4.78 is 10.4. The van der Waals surface area contributed by atoms with E-state index in [0.717, 1.165) is 10.5 Å². The Kier molecular flexibility index (Phi) is 5.91. The van der Waals surface area contributed by atoms with Crippen LogP contribution in [0, 0.1) is 0 Å². The molecule has 0 radical (unpaired) electrons. The molecule has 152 valence electrons. The number of aliphatic carboxylic acids is 1. The summed E-state index contributed by atoms with van der Waals surface area (Å²) in [7, 11) is 1.36. The van der Waals surface area contributed by atoms with Gasteiger partial charge in [0.25, 0.3) is 0 Å². The molecule has 1 aliphatic heterocycles. The molecule has 2 N–H and O–H groups in total. The molecule has 0 fully saturated rings. The van der Waals surface area contributed by atoms with Crippen LogP contribution < -0.4 is 5.32 Å². The predicted molar refractivity (Wildman–Crippen MR) is 102 cm³/mol. The molecule has 0 bridgehead atoms. The summed E-state index contributed by atoms with van der Waals surface area (Å²) in [6, 6.07) is 7.23. The third-order valence-electron chi connectivity index (χ3n) is 4.53. The molecular weight excluding hydrogens is 378 g/mol. The molecule has 29 heavy (non-hydrogen) atoms. The second-order valence-corrected chi connectivity index (χ2v) is 6.29. The highest BCUT2D eigenvalue weighted by atomic mass is 16.5. The van der Waals surface area contributed by atoms with Gasteiger partial charge in [-0.25, -0.2) is 19.5 Å². The number of rotatable bonds is 5. The smallest absolute Gasteiger partial charge is 0.336 e. The summed E-state index contributed by atoms with van der Waals surface area (Å²) in [5.41, 5.74) is 1.06. The highest BCUT2D eigenvalue weighted by Crippen LogP contribution is 2.36. The predicted octanol–water partition coefficient (Wildman–Crippen LogP) is 2.65. The second kappa shape index (κ2) is 8.55. The molecule has 0 spiro atoms. The standard InChI is InChI=1S/C19H21N5O5/c1-4-13-15(17(25)26)16(14-10-20-23-29-14)24(19(22-13)28-3)18(27)21-11(2)12-8-6-5-7-9-12/h5-11,16H,4H2,1-3H3,(H,21,27)(H,25,26). The fraction of sp³-hybridized carbons (Fsp3) is 0.316. The molecule has 1 aromatic heterocycles. The molecule has 3 rings (SSSR count). The highest BCUT2D eigenvalue weighted by Gasteiger charge is 2.43. The fourth-order valence-electron chi connectivity index (χ4n) is 3.13. The van der Waals surface area contributed by atoms with Crippen molar-refractivity contribution in [1.82, 2.24) is 20.6 Å². The van der Waals surface area contributed by atoms with Crippen LogP contribution in [0.2, 0.25) is 0 Å². The molecule has 0 saturated heterocycles. The summed E-state index contributed by atoms with van der Waals surface area (Å²) in [4.78, 5) is 30.5. The van der Waals surface area contributed by atoms with Gasteiger partial charge in [-0.05, 0) is 18.9 Å². The number of hydrogen-bond donors (Lipinski definition) is 2. The van der Waals surface area contributed by atoms with E-state index >= 15 is 0 Å². The van der Waals surface area contributed by atoms with E-state index in [0.29, 0.717) is 6.42 Å². The quantitative estimate of drug-likeness (QED) is 0.790. The van der Waals surface area contributed by atoms with Crippen LogP contribution in [0.3, 0.4) is 0 Å². The van der Waals surface area contributed by atoms with Crippen molar-refractivity contribution in [2.75, 3.05) is 7.11 Å². The van der Waals surface area contributed by atoms with Crippen LogP contribution in [0.1, 0.15) is 43.7 Å². The molecule has 2 aromatic rings. The fourth-order valence-corrected chi connectivity index (χ4v) is 3.13. The van der Waals surface area contributed by atoms with E-state index in [2.05, 4.69) is 20.7 Å². The van der Waals surface area contributed by atoms with Crippen LogP contribution in [-0.4, -0.2) is 45.5 Å². The van der Waals surface area contributed by atoms with Gasteiger partial charge in [-0.2, -0.15) is 0 Å². The van der Waals surface area contributed by atoms with E-state index in [1.54, 1.807) is 6.92 Å². The van der Waals surface area contributed by atoms with E-state index < -0.39 is 18.0 Å². The number of carboxylic acid groups (broad SMARTS) is 1.